The highest BCUT2D eigenvalue weighted by Gasteiger charge is 2.19. The SMILES string of the molecule is N#Cc1ccc(-n2cc(C(=O)Nc3cccc(F)c3)c(-c3ccc(CO)cc3)n2)cc1. The van der Waals surface area contributed by atoms with E-state index in [1.807, 2.05) is 0 Å². The zero-order valence-electron chi connectivity index (χ0n) is 16.3. The molecular weight excluding hydrogens is 395 g/mol. The van der Waals surface area contributed by atoms with Crippen molar-refractivity contribution >= 4 is 11.6 Å². The Balaban J connectivity index is 1.76. The lowest BCUT2D eigenvalue weighted by atomic mass is 10.1. The maximum absolute atomic E-state index is 13.5. The van der Waals surface area contributed by atoms with E-state index < -0.39 is 11.7 Å². The Hall–Kier alpha value is -4.28. The summed E-state index contributed by atoms with van der Waals surface area (Å²) in [5.74, 6) is -0.891. The summed E-state index contributed by atoms with van der Waals surface area (Å²) in [4.78, 5) is 13.0. The number of carbonyl (C=O) groups is 1. The van der Waals surface area contributed by atoms with Gasteiger partial charge in [-0.25, -0.2) is 9.07 Å². The van der Waals surface area contributed by atoms with Gasteiger partial charge in [0.15, 0.2) is 0 Å². The average Bonchev–Trinajstić information content (AvgIpc) is 3.25. The van der Waals surface area contributed by atoms with Crippen LogP contribution >= 0.6 is 0 Å². The first-order valence-electron chi connectivity index (χ1n) is 9.44. The minimum atomic E-state index is -0.453. The Morgan fingerprint density at radius 3 is 2.48 bits per heavy atom. The maximum Gasteiger partial charge on any atom is 0.259 e. The molecule has 0 aliphatic carbocycles. The van der Waals surface area contributed by atoms with Crippen LogP contribution in [0, 0.1) is 17.1 Å². The van der Waals surface area contributed by atoms with Crippen molar-refractivity contribution < 1.29 is 14.3 Å². The molecule has 4 aromatic rings. The smallest absolute Gasteiger partial charge is 0.259 e. The predicted octanol–water partition coefficient (Wildman–Crippen LogP) is 4.29. The number of carbonyl (C=O) groups excluding carboxylic acids is 1. The minimum Gasteiger partial charge on any atom is -0.392 e. The monoisotopic (exact) mass is 412 g/mol. The molecule has 6 nitrogen and oxygen atoms in total. The van der Waals surface area contributed by atoms with E-state index in [2.05, 4.69) is 16.5 Å². The molecule has 0 atom stereocenters. The number of aromatic nitrogens is 2. The number of hydrogen-bond acceptors (Lipinski definition) is 4. The Kier molecular flexibility index (Phi) is 5.56. The first kappa shape index (κ1) is 20.0. The highest BCUT2D eigenvalue weighted by molar-refractivity contribution is 6.08. The van der Waals surface area contributed by atoms with Crippen molar-refractivity contribution in [3.63, 3.8) is 0 Å². The third kappa shape index (κ3) is 4.34. The molecular formula is C24H17FN4O2. The van der Waals surface area contributed by atoms with Crippen molar-refractivity contribution in [1.82, 2.24) is 9.78 Å². The number of hydrogen-bond donors (Lipinski definition) is 2. The molecule has 0 fully saturated rings. The zero-order chi connectivity index (χ0) is 21.8. The van der Waals surface area contributed by atoms with E-state index in [0.29, 0.717) is 33.8 Å². The molecule has 2 N–H and O–H groups in total. The summed E-state index contributed by atoms with van der Waals surface area (Å²) in [5, 5.41) is 25.6. The largest absolute Gasteiger partial charge is 0.392 e. The van der Waals surface area contributed by atoms with Gasteiger partial charge in [0.2, 0.25) is 0 Å². The fourth-order valence-electron chi connectivity index (χ4n) is 3.11. The molecule has 0 bridgehead atoms. The van der Waals surface area contributed by atoms with Gasteiger partial charge in [0.05, 0.1) is 29.5 Å². The van der Waals surface area contributed by atoms with Gasteiger partial charge in [-0.05, 0) is 48.0 Å². The minimum absolute atomic E-state index is 0.0904. The van der Waals surface area contributed by atoms with Crippen LogP contribution in [0.3, 0.4) is 0 Å². The molecule has 1 amide bonds. The van der Waals surface area contributed by atoms with Crippen LogP contribution in [0.1, 0.15) is 21.5 Å². The van der Waals surface area contributed by atoms with Crippen LogP contribution in [0.5, 0.6) is 0 Å². The summed E-state index contributed by atoms with van der Waals surface area (Å²) in [7, 11) is 0. The normalized spacial score (nSPS) is 10.5. The van der Waals surface area contributed by atoms with Crippen LogP contribution in [0.25, 0.3) is 16.9 Å². The molecule has 1 heterocycles. The Labute approximate surface area is 177 Å². The van der Waals surface area contributed by atoms with E-state index in [0.717, 1.165) is 5.56 Å². The fourth-order valence-corrected chi connectivity index (χ4v) is 3.11. The fraction of sp³-hybridized carbons (Fsp3) is 0.0417. The van der Waals surface area contributed by atoms with E-state index in [-0.39, 0.29) is 6.61 Å². The highest BCUT2D eigenvalue weighted by atomic mass is 19.1. The molecule has 0 radical (unpaired) electrons. The van der Waals surface area contributed by atoms with E-state index >= 15 is 0 Å². The van der Waals surface area contributed by atoms with Crippen molar-refractivity contribution in [2.45, 2.75) is 6.61 Å². The first-order chi connectivity index (χ1) is 15.1. The number of amides is 1. The summed E-state index contributed by atoms with van der Waals surface area (Å²) in [6, 6.07) is 21.6. The zero-order valence-corrected chi connectivity index (χ0v) is 16.3. The molecule has 4 rings (SSSR count). The molecule has 0 aliphatic rings. The molecule has 0 unspecified atom stereocenters. The van der Waals surface area contributed by atoms with E-state index in [4.69, 9.17) is 5.26 Å². The summed E-state index contributed by atoms with van der Waals surface area (Å²) in [6.07, 6.45) is 1.59. The number of nitrogens with one attached hydrogen (secondary N) is 1. The number of aliphatic hydroxyl groups is 1. The lowest BCUT2D eigenvalue weighted by molar-refractivity contribution is 0.102. The lowest BCUT2D eigenvalue weighted by Gasteiger charge is -2.06. The number of halogens is 1. The van der Waals surface area contributed by atoms with Gasteiger partial charge in [-0.2, -0.15) is 10.4 Å². The van der Waals surface area contributed by atoms with Crippen molar-refractivity contribution in [1.29, 1.82) is 5.26 Å². The number of benzene rings is 3. The summed E-state index contributed by atoms with van der Waals surface area (Å²) in [5.41, 5.74) is 3.68. The topological polar surface area (TPSA) is 90.9 Å². The van der Waals surface area contributed by atoms with Crippen LogP contribution < -0.4 is 5.32 Å². The highest BCUT2D eigenvalue weighted by Crippen LogP contribution is 2.25. The second-order valence-electron chi connectivity index (χ2n) is 6.81. The summed E-state index contributed by atoms with van der Waals surface area (Å²) < 4.78 is 15.1. The molecule has 7 heteroatoms. The molecule has 0 saturated heterocycles. The van der Waals surface area contributed by atoms with Crippen LogP contribution in [-0.4, -0.2) is 20.8 Å². The molecule has 31 heavy (non-hydrogen) atoms. The van der Waals surface area contributed by atoms with Gasteiger partial charge in [-0.3, -0.25) is 4.79 Å². The first-order valence-corrected chi connectivity index (χ1v) is 9.44. The van der Waals surface area contributed by atoms with Crippen LogP contribution in [0.15, 0.2) is 79.0 Å². The van der Waals surface area contributed by atoms with E-state index in [1.54, 1.807) is 65.5 Å². The average molecular weight is 412 g/mol. The Morgan fingerprint density at radius 2 is 1.84 bits per heavy atom. The summed E-state index contributed by atoms with van der Waals surface area (Å²) >= 11 is 0. The van der Waals surface area contributed by atoms with Crippen LogP contribution in [-0.2, 0) is 6.61 Å². The number of nitriles is 1. The van der Waals surface area contributed by atoms with E-state index in [1.165, 1.54) is 18.2 Å². The number of anilines is 1. The Bertz CT molecular complexity index is 1270. The second-order valence-corrected chi connectivity index (χ2v) is 6.81. The van der Waals surface area contributed by atoms with Gasteiger partial charge in [0.1, 0.15) is 11.5 Å². The van der Waals surface area contributed by atoms with Gasteiger partial charge < -0.3 is 10.4 Å². The second kappa shape index (κ2) is 8.61. The Morgan fingerprint density at radius 1 is 1.10 bits per heavy atom. The van der Waals surface area contributed by atoms with E-state index in [9.17, 15) is 14.3 Å². The molecule has 0 spiro atoms. The predicted molar refractivity (Wildman–Crippen MR) is 114 cm³/mol. The number of nitrogens with zero attached hydrogens (tertiary/aromatic N) is 3. The van der Waals surface area contributed by atoms with Crippen molar-refractivity contribution in [2.24, 2.45) is 0 Å². The van der Waals surface area contributed by atoms with Gasteiger partial charge in [-0.15, -0.1) is 0 Å². The lowest BCUT2D eigenvalue weighted by Crippen LogP contribution is -2.12. The van der Waals surface area contributed by atoms with Gasteiger partial charge in [0.25, 0.3) is 5.91 Å². The quantitative estimate of drug-likeness (QED) is 0.511. The van der Waals surface area contributed by atoms with Gasteiger partial charge in [0, 0.05) is 17.4 Å². The summed E-state index contributed by atoms with van der Waals surface area (Å²) in [6.45, 7) is -0.0904. The third-order valence-electron chi connectivity index (χ3n) is 4.71. The van der Waals surface area contributed by atoms with Gasteiger partial charge >= 0.3 is 0 Å². The molecule has 152 valence electrons. The van der Waals surface area contributed by atoms with Crippen molar-refractivity contribution in [3.05, 3.63) is 102 Å². The standard InChI is InChI=1S/C24H17FN4O2/c25-19-2-1-3-20(12-19)27-24(31)22-14-29(21-10-6-16(13-26)7-11-21)28-23(22)18-8-4-17(15-30)5-9-18/h1-12,14,30H,15H2,(H,27,31). The van der Waals surface area contributed by atoms with Crippen molar-refractivity contribution in [2.75, 3.05) is 5.32 Å². The number of aliphatic hydroxyl groups excluding tert-OH is 1. The molecule has 0 saturated carbocycles. The van der Waals surface area contributed by atoms with Crippen LogP contribution in [0.2, 0.25) is 0 Å². The number of rotatable bonds is 5. The molecule has 0 aliphatic heterocycles. The third-order valence-corrected chi connectivity index (χ3v) is 4.71. The molecule has 3 aromatic carbocycles. The molecule has 1 aromatic heterocycles. The van der Waals surface area contributed by atoms with Gasteiger partial charge in [-0.1, -0.05) is 30.3 Å². The van der Waals surface area contributed by atoms with Crippen molar-refractivity contribution in [3.8, 4) is 23.0 Å². The maximum atomic E-state index is 13.5. The van der Waals surface area contributed by atoms with Crippen LogP contribution in [0.4, 0.5) is 10.1 Å².